The van der Waals surface area contributed by atoms with Crippen LogP contribution in [0.2, 0.25) is 0 Å². The fourth-order valence-electron chi connectivity index (χ4n) is 2.26. The van der Waals surface area contributed by atoms with Crippen molar-refractivity contribution in [3.63, 3.8) is 0 Å². The van der Waals surface area contributed by atoms with E-state index in [0.29, 0.717) is 28.8 Å². The molecule has 0 spiro atoms. The van der Waals surface area contributed by atoms with E-state index >= 15 is 0 Å². The zero-order chi connectivity index (χ0) is 18.1. The second-order valence-electron chi connectivity index (χ2n) is 5.58. The molecule has 0 saturated carbocycles. The van der Waals surface area contributed by atoms with Crippen LogP contribution in [0.4, 0.5) is 5.13 Å². The number of ether oxygens (including phenoxy) is 2. The van der Waals surface area contributed by atoms with Crippen LogP contribution in [0.25, 0.3) is 0 Å². The lowest BCUT2D eigenvalue weighted by Gasteiger charge is -2.12. The Morgan fingerprint density at radius 3 is 2.68 bits per heavy atom. The molecule has 0 unspecified atom stereocenters. The number of hydrogen-bond donors (Lipinski definition) is 1. The van der Waals surface area contributed by atoms with E-state index in [4.69, 9.17) is 9.47 Å². The molecular formula is C18H25N3O3S. The van der Waals surface area contributed by atoms with Crippen molar-refractivity contribution in [1.82, 2.24) is 10.2 Å². The van der Waals surface area contributed by atoms with E-state index < -0.39 is 0 Å². The van der Waals surface area contributed by atoms with Gasteiger partial charge in [0, 0.05) is 5.56 Å². The molecule has 0 aliphatic rings. The van der Waals surface area contributed by atoms with Gasteiger partial charge in [0.25, 0.3) is 5.91 Å². The van der Waals surface area contributed by atoms with Crippen LogP contribution in [-0.4, -0.2) is 29.8 Å². The van der Waals surface area contributed by atoms with Crippen molar-refractivity contribution in [2.24, 2.45) is 0 Å². The van der Waals surface area contributed by atoms with Gasteiger partial charge in [-0.05, 0) is 31.0 Å². The zero-order valence-electron chi connectivity index (χ0n) is 15.0. The molecule has 2 aromatic rings. The van der Waals surface area contributed by atoms with E-state index in [0.717, 1.165) is 24.3 Å². The van der Waals surface area contributed by atoms with Crippen molar-refractivity contribution in [3.05, 3.63) is 28.8 Å². The van der Waals surface area contributed by atoms with Gasteiger partial charge in [0.05, 0.1) is 13.7 Å². The van der Waals surface area contributed by atoms with E-state index in [1.54, 1.807) is 25.3 Å². The van der Waals surface area contributed by atoms with Crippen LogP contribution in [-0.2, 0) is 6.42 Å². The second kappa shape index (κ2) is 9.98. The lowest BCUT2D eigenvalue weighted by molar-refractivity contribution is 0.102. The minimum Gasteiger partial charge on any atom is -0.493 e. The number of benzene rings is 1. The van der Waals surface area contributed by atoms with Gasteiger partial charge >= 0.3 is 0 Å². The molecule has 7 heteroatoms. The first-order chi connectivity index (χ1) is 12.2. The molecule has 136 valence electrons. The molecule has 1 aromatic carbocycles. The Bertz CT molecular complexity index is 688. The number of nitrogens with one attached hydrogen (secondary N) is 1. The quantitative estimate of drug-likeness (QED) is 0.636. The first-order valence-corrected chi connectivity index (χ1v) is 9.44. The normalized spacial score (nSPS) is 10.5. The fraction of sp³-hybridized carbons (Fsp3) is 0.500. The SMILES string of the molecule is CCCCCCOc1ccc(C(=O)Nc2nnc(CC)s2)cc1OC. The Labute approximate surface area is 152 Å². The summed E-state index contributed by atoms with van der Waals surface area (Å²) in [4.78, 5) is 12.4. The average molecular weight is 363 g/mol. The summed E-state index contributed by atoms with van der Waals surface area (Å²) < 4.78 is 11.1. The van der Waals surface area contributed by atoms with Crippen molar-refractivity contribution in [2.75, 3.05) is 19.0 Å². The fourth-order valence-corrected chi connectivity index (χ4v) is 2.93. The highest BCUT2D eigenvalue weighted by Crippen LogP contribution is 2.29. The number of anilines is 1. The molecule has 25 heavy (non-hydrogen) atoms. The summed E-state index contributed by atoms with van der Waals surface area (Å²) in [6.45, 7) is 4.82. The summed E-state index contributed by atoms with van der Waals surface area (Å²) in [6, 6.07) is 5.17. The highest BCUT2D eigenvalue weighted by Gasteiger charge is 2.13. The summed E-state index contributed by atoms with van der Waals surface area (Å²) in [5.41, 5.74) is 0.489. The topological polar surface area (TPSA) is 73.3 Å². The number of hydrogen-bond acceptors (Lipinski definition) is 6. The molecule has 6 nitrogen and oxygen atoms in total. The molecule has 0 saturated heterocycles. The van der Waals surface area contributed by atoms with Crippen molar-refractivity contribution in [2.45, 2.75) is 46.0 Å². The van der Waals surface area contributed by atoms with Crippen molar-refractivity contribution in [1.29, 1.82) is 0 Å². The van der Waals surface area contributed by atoms with Crippen LogP contribution in [0.1, 0.15) is 54.9 Å². The van der Waals surface area contributed by atoms with Crippen molar-refractivity contribution < 1.29 is 14.3 Å². The number of nitrogens with zero attached hydrogens (tertiary/aromatic N) is 2. The standard InChI is InChI=1S/C18H25N3O3S/c1-4-6-7-8-11-24-14-10-9-13(12-15(14)23-3)17(22)19-18-21-20-16(5-2)25-18/h9-10,12H,4-8,11H2,1-3H3,(H,19,21,22). The Morgan fingerprint density at radius 1 is 1.16 bits per heavy atom. The number of unbranched alkanes of at least 4 members (excludes halogenated alkanes) is 3. The van der Waals surface area contributed by atoms with Crippen LogP contribution < -0.4 is 14.8 Å². The van der Waals surface area contributed by atoms with Gasteiger partial charge in [-0.3, -0.25) is 10.1 Å². The molecule has 0 radical (unpaired) electrons. The van der Waals surface area contributed by atoms with Crippen molar-refractivity contribution in [3.8, 4) is 11.5 Å². The van der Waals surface area contributed by atoms with Gasteiger partial charge in [-0.15, -0.1) is 10.2 Å². The van der Waals surface area contributed by atoms with Gasteiger partial charge in [-0.1, -0.05) is 44.4 Å². The van der Waals surface area contributed by atoms with Crippen LogP contribution in [0.15, 0.2) is 18.2 Å². The van der Waals surface area contributed by atoms with Crippen LogP contribution >= 0.6 is 11.3 Å². The molecule has 0 atom stereocenters. The van der Waals surface area contributed by atoms with E-state index in [2.05, 4.69) is 22.4 Å². The maximum absolute atomic E-state index is 12.4. The van der Waals surface area contributed by atoms with Gasteiger partial charge in [0.2, 0.25) is 5.13 Å². The van der Waals surface area contributed by atoms with Gasteiger partial charge in [-0.25, -0.2) is 0 Å². The zero-order valence-corrected chi connectivity index (χ0v) is 15.8. The summed E-state index contributed by atoms with van der Waals surface area (Å²) in [5, 5.41) is 12.1. The maximum atomic E-state index is 12.4. The average Bonchev–Trinajstić information content (AvgIpc) is 3.09. The van der Waals surface area contributed by atoms with Gasteiger partial charge < -0.3 is 9.47 Å². The third-order valence-corrected chi connectivity index (χ3v) is 4.65. The monoisotopic (exact) mass is 363 g/mol. The minimum atomic E-state index is -0.244. The lowest BCUT2D eigenvalue weighted by Crippen LogP contribution is -2.12. The molecular weight excluding hydrogens is 338 g/mol. The number of amides is 1. The highest BCUT2D eigenvalue weighted by molar-refractivity contribution is 7.15. The molecule has 0 aliphatic heterocycles. The maximum Gasteiger partial charge on any atom is 0.257 e. The molecule has 1 heterocycles. The Kier molecular flexibility index (Phi) is 7.66. The first-order valence-electron chi connectivity index (χ1n) is 8.62. The van der Waals surface area contributed by atoms with Gasteiger partial charge in [0.15, 0.2) is 11.5 Å². The van der Waals surface area contributed by atoms with Gasteiger partial charge in [0.1, 0.15) is 5.01 Å². The first kappa shape index (κ1) is 19.2. The molecule has 2 rings (SSSR count). The number of rotatable bonds is 10. The number of methoxy groups -OCH3 is 1. The van der Waals surface area contributed by atoms with Crippen LogP contribution in [0.3, 0.4) is 0 Å². The molecule has 1 aromatic heterocycles. The third kappa shape index (κ3) is 5.70. The smallest absolute Gasteiger partial charge is 0.257 e. The van der Waals surface area contributed by atoms with Gasteiger partial charge in [-0.2, -0.15) is 0 Å². The minimum absolute atomic E-state index is 0.244. The summed E-state index contributed by atoms with van der Waals surface area (Å²) in [7, 11) is 1.57. The molecule has 1 amide bonds. The third-order valence-electron chi connectivity index (χ3n) is 3.67. The van der Waals surface area contributed by atoms with Crippen LogP contribution in [0, 0.1) is 0 Å². The number of aromatic nitrogens is 2. The number of aryl methyl sites for hydroxylation is 1. The predicted molar refractivity (Wildman–Crippen MR) is 99.9 cm³/mol. The Balaban J connectivity index is 1.98. The number of carbonyl (C=O) groups is 1. The molecule has 0 fully saturated rings. The second-order valence-corrected chi connectivity index (χ2v) is 6.65. The van der Waals surface area contributed by atoms with E-state index in [1.807, 2.05) is 6.92 Å². The molecule has 0 bridgehead atoms. The predicted octanol–water partition coefficient (Wildman–Crippen LogP) is 4.32. The Hall–Kier alpha value is -2.15. The molecule has 0 aliphatic carbocycles. The van der Waals surface area contributed by atoms with E-state index in [1.165, 1.54) is 24.2 Å². The van der Waals surface area contributed by atoms with E-state index in [-0.39, 0.29) is 5.91 Å². The van der Waals surface area contributed by atoms with Crippen LogP contribution in [0.5, 0.6) is 11.5 Å². The van der Waals surface area contributed by atoms with E-state index in [9.17, 15) is 4.79 Å². The highest BCUT2D eigenvalue weighted by atomic mass is 32.1. The Morgan fingerprint density at radius 2 is 2.00 bits per heavy atom. The molecule has 1 N–H and O–H groups in total. The number of carbonyl (C=O) groups excluding carboxylic acids is 1. The summed E-state index contributed by atoms with van der Waals surface area (Å²) in [5.74, 6) is 0.959. The van der Waals surface area contributed by atoms with Crippen molar-refractivity contribution >= 4 is 22.4 Å². The largest absolute Gasteiger partial charge is 0.493 e. The summed E-state index contributed by atoms with van der Waals surface area (Å²) in [6.07, 6.45) is 5.37. The lowest BCUT2D eigenvalue weighted by atomic mass is 10.2. The summed E-state index contributed by atoms with van der Waals surface area (Å²) >= 11 is 1.38.